The fourth-order valence-corrected chi connectivity index (χ4v) is 2.35. The highest BCUT2D eigenvalue weighted by molar-refractivity contribution is 9.09. The van der Waals surface area contributed by atoms with E-state index >= 15 is 0 Å². The van der Waals surface area contributed by atoms with Crippen molar-refractivity contribution in [2.75, 3.05) is 0 Å². The molecule has 0 aliphatic carbocycles. The van der Waals surface area contributed by atoms with E-state index in [1.807, 2.05) is 39.0 Å². The van der Waals surface area contributed by atoms with Crippen LogP contribution >= 0.6 is 16.1 Å². The average Bonchev–Trinajstić information content (AvgIpc) is 2.54. The van der Waals surface area contributed by atoms with Crippen molar-refractivity contribution in [3.8, 4) is 0 Å². The number of para-hydroxylation sites is 1. The fraction of sp³-hybridized carbons (Fsp3) is 0.333. The van der Waals surface area contributed by atoms with Gasteiger partial charge in [0, 0.05) is 15.1 Å². The summed E-state index contributed by atoms with van der Waals surface area (Å²) in [5, 5.41) is 13.7. The number of nitrogens with zero attached hydrogens (tertiary/aromatic N) is 2. The Hall–Kier alpha value is -1.20. The first-order chi connectivity index (χ1) is 7.77. The summed E-state index contributed by atoms with van der Waals surface area (Å²) in [7, 11) is 0. The lowest BCUT2D eigenvalue weighted by atomic mass is 9.85. The lowest BCUT2D eigenvalue weighted by Crippen LogP contribution is -2.36. The third-order valence-electron chi connectivity index (χ3n) is 2.68. The van der Waals surface area contributed by atoms with Crippen LogP contribution in [-0.4, -0.2) is 16.9 Å². The molecule has 1 unspecified atom stereocenters. The van der Waals surface area contributed by atoms with Crippen molar-refractivity contribution < 1.29 is 9.90 Å². The second kappa shape index (κ2) is 3.65. The molecule has 1 aromatic rings. The standard InChI is InChI=1S/C12H13BrN2O2/c1-12(2,3)10-8-6-4-5-7-9(8)15(13,14-10)11(16)17/h4-7H,1-3H3/p+1. The van der Waals surface area contributed by atoms with E-state index in [-0.39, 0.29) is 5.41 Å². The van der Waals surface area contributed by atoms with E-state index in [4.69, 9.17) is 0 Å². The summed E-state index contributed by atoms with van der Waals surface area (Å²) in [6, 6.07) is 7.39. The van der Waals surface area contributed by atoms with E-state index < -0.39 is 9.71 Å². The fourth-order valence-electron chi connectivity index (χ4n) is 1.88. The van der Waals surface area contributed by atoms with E-state index in [9.17, 15) is 9.90 Å². The Balaban J connectivity index is 2.70. The largest absolute Gasteiger partial charge is 0.557 e. The van der Waals surface area contributed by atoms with E-state index in [0.717, 1.165) is 11.3 Å². The van der Waals surface area contributed by atoms with Gasteiger partial charge >= 0.3 is 6.09 Å². The lowest BCUT2D eigenvalue weighted by molar-refractivity contribution is 0.179. The first kappa shape index (κ1) is 12.3. The van der Waals surface area contributed by atoms with E-state index in [0.29, 0.717) is 5.69 Å². The molecule has 5 heteroatoms. The van der Waals surface area contributed by atoms with Gasteiger partial charge in [-0.25, -0.2) is 0 Å². The minimum atomic E-state index is -1.04. The summed E-state index contributed by atoms with van der Waals surface area (Å²) < 4.78 is -0.601. The Labute approximate surface area is 108 Å². The van der Waals surface area contributed by atoms with Gasteiger partial charge in [-0.2, -0.15) is 4.79 Å². The minimum Gasteiger partial charge on any atom is -0.433 e. The molecule has 0 saturated carbocycles. The number of carbonyl (C=O) groups is 1. The summed E-state index contributed by atoms with van der Waals surface area (Å²) in [5.74, 6) is 0. The van der Waals surface area contributed by atoms with Gasteiger partial charge in [0.1, 0.15) is 5.71 Å². The molecule has 1 aliphatic heterocycles. The average molecular weight is 298 g/mol. The smallest absolute Gasteiger partial charge is 0.433 e. The molecule has 17 heavy (non-hydrogen) atoms. The van der Waals surface area contributed by atoms with Crippen molar-refractivity contribution in [1.82, 2.24) is 3.62 Å². The molecule has 0 fully saturated rings. The third kappa shape index (κ3) is 1.79. The van der Waals surface area contributed by atoms with E-state index in [1.165, 1.54) is 0 Å². The van der Waals surface area contributed by atoms with Crippen LogP contribution in [0.25, 0.3) is 0 Å². The first-order valence-corrected chi connectivity index (χ1v) is 6.00. The summed E-state index contributed by atoms with van der Waals surface area (Å²) in [5.41, 5.74) is 2.14. The molecule has 0 radical (unpaired) electrons. The van der Waals surface area contributed by atoms with Crippen LogP contribution < -0.4 is 3.62 Å². The van der Waals surface area contributed by atoms with Gasteiger partial charge in [0.2, 0.25) is 0 Å². The molecule has 0 aromatic heterocycles. The highest BCUT2D eigenvalue weighted by Crippen LogP contribution is 2.42. The van der Waals surface area contributed by atoms with Crippen molar-refractivity contribution in [2.24, 2.45) is 10.5 Å². The van der Waals surface area contributed by atoms with Gasteiger partial charge < -0.3 is 5.11 Å². The van der Waals surface area contributed by atoms with Crippen molar-refractivity contribution in [3.63, 3.8) is 0 Å². The zero-order valence-corrected chi connectivity index (χ0v) is 11.5. The molecular formula is C12H14BrN2O2+. The topological polar surface area (TPSA) is 49.7 Å². The Bertz CT molecular complexity index is 519. The van der Waals surface area contributed by atoms with Crippen LogP contribution in [0.5, 0.6) is 0 Å². The van der Waals surface area contributed by atoms with E-state index in [2.05, 4.69) is 21.2 Å². The number of hydrogen-bond donors (Lipinski definition) is 1. The molecule has 1 aromatic carbocycles. The van der Waals surface area contributed by atoms with Crippen LogP contribution in [0.2, 0.25) is 0 Å². The molecule has 1 atom stereocenters. The van der Waals surface area contributed by atoms with Crippen LogP contribution in [-0.2, 0) is 0 Å². The second-order valence-electron chi connectivity index (χ2n) is 5.05. The van der Waals surface area contributed by atoms with Crippen LogP contribution in [0.3, 0.4) is 0 Å². The number of amides is 1. The Morgan fingerprint density at radius 2 is 1.94 bits per heavy atom. The predicted octanol–water partition coefficient (Wildman–Crippen LogP) is 3.75. The Kier molecular flexibility index (Phi) is 2.63. The number of fused-ring (bicyclic) bond motifs is 1. The molecule has 2 rings (SSSR count). The van der Waals surface area contributed by atoms with Crippen molar-refractivity contribution in [1.29, 1.82) is 0 Å². The molecule has 1 heterocycles. The third-order valence-corrected chi connectivity index (χ3v) is 3.52. The summed E-state index contributed by atoms with van der Waals surface area (Å²) in [6.45, 7) is 6.06. The normalized spacial score (nSPS) is 23.2. The number of halogens is 1. The van der Waals surface area contributed by atoms with Gasteiger partial charge in [0.05, 0.1) is 5.56 Å². The molecule has 4 nitrogen and oxygen atoms in total. The zero-order chi connectivity index (χ0) is 12.8. The molecule has 1 N–H and O–H groups in total. The number of benzene rings is 1. The van der Waals surface area contributed by atoms with Gasteiger partial charge in [-0.15, -0.1) is 0 Å². The van der Waals surface area contributed by atoms with Gasteiger partial charge in [0.15, 0.2) is 5.69 Å². The van der Waals surface area contributed by atoms with Gasteiger partial charge in [0.25, 0.3) is 16.1 Å². The Morgan fingerprint density at radius 1 is 1.35 bits per heavy atom. The number of hydrogen-bond acceptors (Lipinski definition) is 2. The lowest BCUT2D eigenvalue weighted by Gasteiger charge is -2.16. The number of rotatable bonds is 0. The summed E-state index contributed by atoms with van der Waals surface area (Å²) in [6.07, 6.45) is -1.04. The van der Waals surface area contributed by atoms with Crippen LogP contribution in [0.15, 0.2) is 29.4 Å². The van der Waals surface area contributed by atoms with Crippen LogP contribution in [0, 0.1) is 5.41 Å². The monoisotopic (exact) mass is 297 g/mol. The predicted molar refractivity (Wildman–Crippen MR) is 71.2 cm³/mol. The molecular weight excluding hydrogens is 284 g/mol. The molecule has 90 valence electrons. The van der Waals surface area contributed by atoms with Crippen LogP contribution in [0.4, 0.5) is 10.5 Å². The van der Waals surface area contributed by atoms with Gasteiger partial charge in [-0.3, -0.25) is 0 Å². The summed E-state index contributed by atoms with van der Waals surface area (Å²) >= 11 is 3.19. The van der Waals surface area contributed by atoms with Crippen molar-refractivity contribution in [3.05, 3.63) is 29.8 Å². The Morgan fingerprint density at radius 3 is 2.47 bits per heavy atom. The molecule has 0 saturated heterocycles. The highest BCUT2D eigenvalue weighted by Gasteiger charge is 2.49. The molecule has 0 spiro atoms. The molecule has 0 bridgehead atoms. The maximum absolute atomic E-state index is 11.4. The minimum absolute atomic E-state index is 0.195. The molecule has 1 aliphatic rings. The zero-order valence-electron chi connectivity index (χ0n) is 9.94. The maximum Gasteiger partial charge on any atom is 0.557 e. The second-order valence-corrected chi connectivity index (χ2v) is 6.08. The number of quaternary nitrogens is 1. The highest BCUT2D eigenvalue weighted by atomic mass is 79.9. The maximum atomic E-state index is 11.4. The van der Waals surface area contributed by atoms with Crippen molar-refractivity contribution in [2.45, 2.75) is 20.8 Å². The quantitative estimate of drug-likeness (QED) is 0.742. The van der Waals surface area contributed by atoms with Gasteiger partial charge in [-0.05, 0) is 6.07 Å². The van der Waals surface area contributed by atoms with Crippen molar-refractivity contribution >= 4 is 33.6 Å². The first-order valence-electron chi connectivity index (χ1n) is 5.29. The SMILES string of the molecule is CC(C)(C)C1=N[N+](Br)(C(=O)O)c2ccccc21. The molecule has 1 amide bonds. The summed E-state index contributed by atoms with van der Waals surface area (Å²) in [4.78, 5) is 11.4. The van der Waals surface area contributed by atoms with Gasteiger partial charge in [-0.1, -0.05) is 38.0 Å². The van der Waals surface area contributed by atoms with E-state index in [1.54, 1.807) is 6.07 Å². The van der Waals surface area contributed by atoms with Crippen LogP contribution in [0.1, 0.15) is 26.3 Å². The number of carboxylic acid groups (broad SMARTS) is 1.